The molecule has 0 aliphatic rings. The quantitative estimate of drug-likeness (QED) is 0.671. The number of hydrogen-bond acceptors (Lipinski definition) is 6. The zero-order chi connectivity index (χ0) is 16.9. The average molecular weight is 326 g/mol. The Bertz CT molecular complexity index is 796. The number of anilines is 1. The molecule has 3 aromatic rings. The Kier molecular flexibility index (Phi) is 4.90. The van der Waals surface area contributed by atoms with Gasteiger partial charge in [0.15, 0.2) is 5.65 Å². The zero-order valence-electron chi connectivity index (χ0n) is 14.2. The molecule has 2 heterocycles. The maximum atomic E-state index is 5.20. The first-order chi connectivity index (χ1) is 11.7. The van der Waals surface area contributed by atoms with E-state index in [0.717, 1.165) is 47.8 Å². The van der Waals surface area contributed by atoms with E-state index in [9.17, 15) is 0 Å². The highest BCUT2D eigenvalue weighted by Crippen LogP contribution is 2.22. The average Bonchev–Trinajstić information content (AvgIpc) is 3.03. The monoisotopic (exact) mass is 326 g/mol. The summed E-state index contributed by atoms with van der Waals surface area (Å²) in [4.78, 5) is 10.9. The molecular formula is C17H22N6O. The second-order valence-electron chi connectivity index (χ2n) is 5.80. The minimum atomic E-state index is 0.783. The number of benzene rings is 1. The molecular weight excluding hydrogens is 304 g/mol. The van der Waals surface area contributed by atoms with Crippen LogP contribution in [0.2, 0.25) is 0 Å². The summed E-state index contributed by atoms with van der Waals surface area (Å²) in [6, 6.07) is 7.73. The van der Waals surface area contributed by atoms with Gasteiger partial charge in [-0.1, -0.05) is 0 Å². The van der Waals surface area contributed by atoms with Crippen molar-refractivity contribution in [3.8, 4) is 11.4 Å². The van der Waals surface area contributed by atoms with Crippen LogP contribution in [0.5, 0.6) is 5.75 Å². The highest BCUT2D eigenvalue weighted by atomic mass is 16.5. The molecule has 1 aromatic carbocycles. The standard InChI is InChI=1S/C17H22N6O/c1-22(2)10-4-9-18-16-15-11-21-23(17(15)20-12-19-16)13-5-7-14(24-3)8-6-13/h5-8,11-12H,4,9-10H2,1-3H3,(H,18,19,20). The van der Waals surface area contributed by atoms with Gasteiger partial charge in [0.2, 0.25) is 0 Å². The van der Waals surface area contributed by atoms with Crippen LogP contribution in [0.15, 0.2) is 36.8 Å². The van der Waals surface area contributed by atoms with Gasteiger partial charge >= 0.3 is 0 Å². The Hall–Kier alpha value is -2.67. The molecule has 0 saturated carbocycles. The zero-order valence-corrected chi connectivity index (χ0v) is 14.2. The molecule has 2 aromatic heterocycles. The van der Waals surface area contributed by atoms with Gasteiger partial charge in [-0.25, -0.2) is 14.6 Å². The second-order valence-corrected chi connectivity index (χ2v) is 5.80. The van der Waals surface area contributed by atoms with Crippen molar-refractivity contribution in [2.24, 2.45) is 0 Å². The van der Waals surface area contributed by atoms with Gasteiger partial charge in [0, 0.05) is 6.54 Å². The summed E-state index contributed by atoms with van der Waals surface area (Å²) in [7, 11) is 5.79. The first kappa shape index (κ1) is 16.2. The van der Waals surface area contributed by atoms with Crippen LogP contribution in [0.3, 0.4) is 0 Å². The number of nitrogens with zero attached hydrogens (tertiary/aromatic N) is 5. The molecule has 0 aliphatic carbocycles. The number of fused-ring (bicyclic) bond motifs is 1. The minimum Gasteiger partial charge on any atom is -0.497 e. The second kappa shape index (κ2) is 7.27. The number of methoxy groups -OCH3 is 1. The van der Waals surface area contributed by atoms with Crippen molar-refractivity contribution in [1.82, 2.24) is 24.6 Å². The van der Waals surface area contributed by atoms with Gasteiger partial charge in [0.1, 0.15) is 17.9 Å². The molecule has 7 nitrogen and oxygen atoms in total. The van der Waals surface area contributed by atoms with Crippen LogP contribution in [-0.4, -0.2) is 58.9 Å². The van der Waals surface area contributed by atoms with Crippen LogP contribution < -0.4 is 10.1 Å². The Morgan fingerprint density at radius 3 is 2.67 bits per heavy atom. The van der Waals surface area contributed by atoms with Crippen molar-refractivity contribution in [3.05, 3.63) is 36.8 Å². The van der Waals surface area contributed by atoms with Gasteiger partial charge in [0.25, 0.3) is 0 Å². The van der Waals surface area contributed by atoms with E-state index in [0.29, 0.717) is 0 Å². The van der Waals surface area contributed by atoms with Gasteiger partial charge in [-0.3, -0.25) is 0 Å². The molecule has 24 heavy (non-hydrogen) atoms. The van der Waals surface area contributed by atoms with E-state index in [1.165, 1.54) is 0 Å². The van der Waals surface area contributed by atoms with E-state index >= 15 is 0 Å². The summed E-state index contributed by atoms with van der Waals surface area (Å²) >= 11 is 0. The molecule has 0 fully saturated rings. The highest BCUT2D eigenvalue weighted by molar-refractivity contribution is 5.87. The van der Waals surface area contributed by atoms with Gasteiger partial charge in [-0.15, -0.1) is 0 Å². The number of aromatic nitrogens is 4. The van der Waals surface area contributed by atoms with E-state index < -0.39 is 0 Å². The summed E-state index contributed by atoms with van der Waals surface area (Å²) in [6.45, 7) is 1.89. The fourth-order valence-corrected chi connectivity index (χ4v) is 2.50. The lowest BCUT2D eigenvalue weighted by atomic mass is 10.3. The lowest BCUT2D eigenvalue weighted by molar-refractivity contribution is 0.405. The van der Waals surface area contributed by atoms with Crippen LogP contribution >= 0.6 is 0 Å². The van der Waals surface area contributed by atoms with Crippen molar-refractivity contribution in [3.63, 3.8) is 0 Å². The van der Waals surface area contributed by atoms with Gasteiger partial charge in [-0.2, -0.15) is 5.10 Å². The van der Waals surface area contributed by atoms with E-state index in [-0.39, 0.29) is 0 Å². The fraction of sp³-hybridized carbons (Fsp3) is 0.353. The molecule has 0 aliphatic heterocycles. The molecule has 3 rings (SSSR count). The lowest BCUT2D eigenvalue weighted by Gasteiger charge is -2.10. The molecule has 0 unspecified atom stereocenters. The molecule has 126 valence electrons. The largest absolute Gasteiger partial charge is 0.497 e. The minimum absolute atomic E-state index is 0.783. The van der Waals surface area contributed by atoms with Crippen molar-refractivity contribution in [2.45, 2.75) is 6.42 Å². The summed E-state index contributed by atoms with van der Waals surface area (Å²) in [6.07, 6.45) is 4.41. The third-order valence-electron chi connectivity index (χ3n) is 3.76. The van der Waals surface area contributed by atoms with Crippen molar-refractivity contribution >= 4 is 16.9 Å². The third-order valence-corrected chi connectivity index (χ3v) is 3.76. The summed E-state index contributed by atoms with van der Waals surface area (Å²) in [5, 5.41) is 8.75. The van der Waals surface area contributed by atoms with E-state index in [1.54, 1.807) is 24.3 Å². The number of nitrogens with one attached hydrogen (secondary N) is 1. The van der Waals surface area contributed by atoms with Gasteiger partial charge in [0.05, 0.1) is 24.4 Å². The topological polar surface area (TPSA) is 68.1 Å². The Morgan fingerprint density at radius 1 is 1.17 bits per heavy atom. The number of ether oxygens (including phenoxy) is 1. The predicted molar refractivity (Wildman–Crippen MR) is 94.9 cm³/mol. The van der Waals surface area contributed by atoms with Crippen molar-refractivity contribution in [1.29, 1.82) is 0 Å². The normalized spacial score (nSPS) is 11.2. The first-order valence-electron chi connectivity index (χ1n) is 7.91. The molecule has 0 bridgehead atoms. The number of rotatable bonds is 7. The Labute approximate surface area is 141 Å². The maximum absolute atomic E-state index is 5.20. The van der Waals surface area contributed by atoms with Crippen LogP contribution in [-0.2, 0) is 0 Å². The highest BCUT2D eigenvalue weighted by Gasteiger charge is 2.11. The lowest BCUT2D eigenvalue weighted by Crippen LogP contribution is -2.16. The predicted octanol–water partition coefficient (Wildman–Crippen LogP) is 2.19. The van der Waals surface area contributed by atoms with Crippen LogP contribution in [0.1, 0.15) is 6.42 Å². The Morgan fingerprint density at radius 2 is 1.96 bits per heavy atom. The number of hydrogen-bond donors (Lipinski definition) is 1. The van der Waals surface area contributed by atoms with Crippen LogP contribution in [0.4, 0.5) is 5.82 Å². The molecule has 0 spiro atoms. The molecule has 0 saturated heterocycles. The smallest absolute Gasteiger partial charge is 0.168 e. The van der Waals surface area contributed by atoms with Crippen molar-refractivity contribution in [2.75, 3.05) is 39.6 Å². The maximum Gasteiger partial charge on any atom is 0.168 e. The molecule has 0 radical (unpaired) electrons. The Balaban J connectivity index is 1.83. The van der Waals surface area contributed by atoms with Crippen molar-refractivity contribution < 1.29 is 4.74 Å². The van der Waals surface area contributed by atoms with E-state index in [2.05, 4.69) is 39.4 Å². The molecule has 0 atom stereocenters. The molecule has 0 amide bonds. The van der Waals surface area contributed by atoms with Gasteiger partial charge in [-0.05, 0) is 51.3 Å². The molecule has 7 heteroatoms. The van der Waals surface area contributed by atoms with E-state index in [4.69, 9.17) is 4.74 Å². The molecule has 1 N–H and O–H groups in total. The summed E-state index contributed by atoms with van der Waals surface area (Å²) < 4.78 is 7.00. The summed E-state index contributed by atoms with van der Waals surface area (Å²) in [5.74, 6) is 1.63. The SMILES string of the molecule is COc1ccc(-n2ncc3c(NCCCN(C)C)ncnc32)cc1. The summed E-state index contributed by atoms with van der Waals surface area (Å²) in [5.41, 5.74) is 1.72. The fourth-order valence-electron chi connectivity index (χ4n) is 2.50. The van der Waals surface area contributed by atoms with Gasteiger partial charge < -0.3 is 15.0 Å². The van der Waals surface area contributed by atoms with Crippen LogP contribution in [0, 0.1) is 0 Å². The third kappa shape index (κ3) is 3.46. The van der Waals surface area contributed by atoms with Crippen LogP contribution in [0.25, 0.3) is 16.7 Å². The first-order valence-corrected chi connectivity index (χ1v) is 7.91. The van der Waals surface area contributed by atoms with E-state index in [1.807, 2.05) is 24.3 Å².